The number of nitrogens with zero attached hydrogens (tertiary/aromatic N) is 6. The summed E-state index contributed by atoms with van der Waals surface area (Å²) in [6, 6.07) is 17.4. The Hall–Kier alpha value is -4.20. The number of carbonyl (C=O) groups excluding carboxylic acids is 1. The Morgan fingerprint density at radius 1 is 1.05 bits per heavy atom. The van der Waals surface area contributed by atoms with Crippen LogP contribution in [0.2, 0.25) is 0 Å². The Bertz CT molecular complexity index is 1480. The second-order valence-electron chi connectivity index (χ2n) is 10.2. The molecule has 1 unspecified atom stereocenters. The van der Waals surface area contributed by atoms with Gasteiger partial charge in [-0.25, -0.2) is 14.6 Å². The summed E-state index contributed by atoms with van der Waals surface area (Å²) in [7, 11) is 0. The maximum absolute atomic E-state index is 12.3. The first-order valence-corrected chi connectivity index (χ1v) is 13.4. The zero-order valence-corrected chi connectivity index (χ0v) is 21.6. The van der Waals surface area contributed by atoms with E-state index < -0.39 is 0 Å². The maximum atomic E-state index is 12.3. The van der Waals surface area contributed by atoms with Gasteiger partial charge in [-0.2, -0.15) is 5.10 Å². The van der Waals surface area contributed by atoms with Crippen molar-refractivity contribution in [1.29, 1.82) is 0 Å². The van der Waals surface area contributed by atoms with Gasteiger partial charge in [0.2, 0.25) is 5.91 Å². The average molecular weight is 508 g/mol. The van der Waals surface area contributed by atoms with Gasteiger partial charge in [-0.1, -0.05) is 49.0 Å². The molecule has 8 heteroatoms. The molecule has 194 valence electrons. The van der Waals surface area contributed by atoms with E-state index in [0.717, 1.165) is 55.5 Å². The minimum atomic E-state index is -0.0526. The number of likely N-dealkylation sites (tertiary alicyclic amines) is 1. The van der Waals surface area contributed by atoms with Crippen molar-refractivity contribution in [3.63, 3.8) is 0 Å². The first-order valence-electron chi connectivity index (χ1n) is 13.4. The van der Waals surface area contributed by atoms with E-state index in [1.54, 1.807) is 0 Å². The third kappa shape index (κ3) is 4.51. The molecule has 1 fully saturated rings. The zero-order valence-electron chi connectivity index (χ0n) is 21.6. The van der Waals surface area contributed by atoms with Gasteiger partial charge in [0.25, 0.3) is 0 Å². The highest BCUT2D eigenvalue weighted by Gasteiger charge is 2.28. The first kappa shape index (κ1) is 24.2. The van der Waals surface area contributed by atoms with E-state index in [9.17, 15) is 4.79 Å². The van der Waals surface area contributed by atoms with Gasteiger partial charge in [0.1, 0.15) is 17.8 Å². The molecule has 6 rings (SSSR count). The lowest BCUT2D eigenvalue weighted by atomic mass is 10.1. The van der Waals surface area contributed by atoms with E-state index in [0.29, 0.717) is 18.0 Å². The highest BCUT2D eigenvalue weighted by molar-refractivity contribution is 5.98. The van der Waals surface area contributed by atoms with Crippen molar-refractivity contribution in [2.24, 2.45) is 0 Å². The summed E-state index contributed by atoms with van der Waals surface area (Å²) >= 11 is 0. The van der Waals surface area contributed by atoms with Gasteiger partial charge in [-0.15, -0.1) is 0 Å². The fourth-order valence-corrected chi connectivity index (χ4v) is 5.86. The number of aromatic nitrogens is 4. The molecular weight excluding hydrogens is 474 g/mol. The van der Waals surface area contributed by atoms with Crippen LogP contribution in [0, 0.1) is 0 Å². The minimum absolute atomic E-state index is 0.0144. The molecule has 1 saturated heterocycles. The van der Waals surface area contributed by atoms with Crippen LogP contribution in [0.15, 0.2) is 67.5 Å². The molecule has 0 saturated carbocycles. The third-order valence-corrected chi connectivity index (χ3v) is 7.80. The summed E-state index contributed by atoms with van der Waals surface area (Å²) < 4.78 is 1.94. The number of benzene rings is 2. The molecule has 0 spiro atoms. The lowest BCUT2D eigenvalue weighted by molar-refractivity contribution is -0.127. The lowest BCUT2D eigenvalue weighted by Gasteiger charge is -2.32. The normalized spacial score (nSPS) is 17.7. The van der Waals surface area contributed by atoms with E-state index in [2.05, 4.69) is 70.0 Å². The second kappa shape index (κ2) is 10.3. The molecule has 4 aromatic rings. The molecule has 38 heavy (non-hydrogen) atoms. The average Bonchev–Trinajstić information content (AvgIpc) is 3.24. The van der Waals surface area contributed by atoms with Crippen LogP contribution in [0.5, 0.6) is 0 Å². The Labute approximate surface area is 222 Å². The Kier molecular flexibility index (Phi) is 6.54. The van der Waals surface area contributed by atoms with Crippen molar-refractivity contribution < 1.29 is 4.79 Å². The van der Waals surface area contributed by atoms with E-state index >= 15 is 0 Å². The monoisotopic (exact) mass is 507 g/mol. The number of anilines is 2. The fourth-order valence-electron chi connectivity index (χ4n) is 5.86. The highest BCUT2D eigenvalue weighted by atomic mass is 16.2. The predicted octanol–water partition coefficient (Wildman–Crippen LogP) is 4.77. The molecule has 0 radical (unpaired) electrons. The molecule has 2 aliphatic rings. The quantitative estimate of drug-likeness (QED) is 0.391. The fraction of sp³-hybridized carbons (Fsp3) is 0.333. The number of hydrogen-bond donors (Lipinski definition) is 1. The number of nitrogen functional groups attached to an aromatic ring is 1. The predicted molar refractivity (Wildman–Crippen MR) is 151 cm³/mol. The number of fused-ring (bicyclic) bond motifs is 2. The molecular formula is C30H33N7O. The molecule has 2 aromatic heterocycles. The van der Waals surface area contributed by atoms with Crippen LogP contribution in [0.25, 0.3) is 22.3 Å². The summed E-state index contributed by atoms with van der Waals surface area (Å²) in [6.45, 7) is 6.88. The molecule has 8 nitrogen and oxygen atoms in total. The number of carbonyl (C=O) groups is 1. The topological polar surface area (TPSA) is 93.2 Å². The van der Waals surface area contributed by atoms with Crippen molar-refractivity contribution in [2.45, 2.75) is 44.7 Å². The Morgan fingerprint density at radius 2 is 1.89 bits per heavy atom. The first-order chi connectivity index (χ1) is 18.6. The smallest absolute Gasteiger partial charge is 0.246 e. The van der Waals surface area contributed by atoms with E-state index in [4.69, 9.17) is 10.8 Å². The number of amides is 1. The van der Waals surface area contributed by atoms with Crippen LogP contribution < -0.4 is 10.6 Å². The van der Waals surface area contributed by atoms with E-state index in [-0.39, 0.29) is 11.9 Å². The van der Waals surface area contributed by atoms with Crippen LogP contribution in [0.1, 0.15) is 42.9 Å². The zero-order chi connectivity index (χ0) is 26.1. The van der Waals surface area contributed by atoms with Gasteiger partial charge in [0.15, 0.2) is 5.65 Å². The van der Waals surface area contributed by atoms with Crippen molar-refractivity contribution in [3.8, 4) is 11.3 Å². The summed E-state index contributed by atoms with van der Waals surface area (Å²) in [4.78, 5) is 25.4. The Balaban J connectivity index is 1.30. The third-order valence-electron chi connectivity index (χ3n) is 7.80. The van der Waals surface area contributed by atoms with Gasteiger partial charge in [-0.3, -0.25) is 4.79 Å². The molecule has 2 aliphatic heterocycles. The van der Waals surface area contributed by atoms with Crippen molar-refractivity contribution in [1.82, 2.24) is 24.6 Å². The van der Waals surface area contributed by atoms with Crippen LogP contribution in [-0.2, 0) is 17.8 Å². The van der Waals surface area contributed by atoms with Crippen molar-refractivity contribution in [3.05, 3.63) is 78.6 Å². The van der Waals surface area contributed by atoms with E-state index in [1.165, 1.54) is 42.1 Å². The van der Waals surface area contributed by atoms with Crippen molar-refractivity contribution >= 4 is 28.4 Å². The molecule has 1 atom stereocenters. The Morgan fingerprint density at radius 3 is 2.74 bits per heavy atom. The van der Waals surface area contributed by atoms with Crippen LogP contribution in [0.3, 0.4) is 0 Å². The second-order valence-corrected chi connectivity index (χ2v) is 10.2. The van der Waals surface area contributed by atoms with Gasteiger partial charge >= 0.3 is 0 Å². The molecule has 4 heterocycles. The number of rotatable bonds is 5. The molecule has 2 aromatic carbocycles. The summed E-state index contributed by atoms with van der Waals surface area (Å²) in [5.74, 6) is 0.361. The molecule has 0 bridgehead atoms. The summed E-state index contributed by atoms with van der Waals surface area (Å²) in [5, 5.41) is 5.77. The van der Waals surface area contributed by atoms with Crippen molar-refractivity contribution in [2.75, 3.05) is 30.3 Å². The van der Waals surface area contributed by atoms with Crippen LogP contribution >= 0.6 is 0 Å². The summed E-state index contributed by atoms with van der Waals surface area (Å²) in [5.41, 5.74) is 12.9. The lowest BCUT2D eigenvalue weighted by Crippen LogP contribution is -2.40. The number of hydrogen-bond acceptors (Lipinski definition) is 6. The maximum Gasteiger partial charge on any atom is 0.246 e. The van der Waals surface area contributed by atoms with Gasteiger partial charge < -0.3 is 15.5 Å². The van der Waals surface area contributed by atoms with Gasteiger partial charge in [-0.05, 0) is 55.4 Å². The highest BCUT2D eigenvalue weighted by Crippen LogP contribution is 2.34. The van der Waals surface area contributed by atoms with Gasteiger partial charge in [0.05, 0.1) is 11.4 Å². The SMILES string of the molecule is C=CC(=O)N1CCCC(n2nc(-c3ccc(CN4CCCCc5ccccc54)cc3)c3c(N)ncnc32)C1. The van der Waals surface area contributed by atoms with Gasteiger partial charge in [0, 0.05) is 37.4 Å². The number of nitrogens with two attached hydrogens (primary N) is 1. The largest absolute Gasteiger partial charge is 0.383 e. The molecule has 1 amide bonds. The molecule has 0 aliphatic carbocycles. The van der Waals surface area contributed by atoms with Crippen LogP contribution in [-0.4, -0.2) is 50.2 Å². The standard InChI is InChI=1S/C30H33N7O/c1-2-26(38)36-17-7-10-24(19-36)37-30-27(29(31)32-20-33-30)28(34-37)23-14-12-21(13-15-23)18-35-16-6-5-9-22-8-3-4-11-25(22)35/h2-4,8,11-15,20,24H,1,5-7,9-10,16-19H2,(H2,31,32,33). The van der Waals surface area contributed by atoms with Crippen LogP contribution in [0.4, 0.5) is 11.5 Å². The number of piperidine rings is 1. The number of aryl methyl sites for hydroxylation is 1. The minimum Gasteiger partial charge on any atom is -0.383 e. The molecule has 2 N–H and O–H groups in total. The van der Waals surface area contributed by atoms with E-state index in [1.807, 2.05) is 9.58 Å². The summed E-state index contributed by atoms with van der Waals surface area (Å²) in [6.07, 6.45) is 8.25. The number of para-hydroxylation sites is 1.